The number of nitrogens with one attached hydrogen (secondary N) is 1. The molecule has 0 atom stereocenters. The van der Waals surface area contributed by atoms with E-state index >= 15 is 0 Å². The van der Waals surface area contributed by atoms with Crippen LogP contribution in [0.2, 0.25) is 0 Å². The topological polar surface area (TPSA) is 85.1 Å². The molecule has 0 spiro atoms. The van der Waals surface area contributed by atoms with Crippen LogP contribution >= 0.6 is 23.6 Å². The van der Waals surface area contributed by atoms with E-state index < -0.39 is 10.0 Å². The molecule has 2 aromatic rings. The van der Waals surface area contributed by atoms with E-state index in [2.05, 4.69) is 9.71 Å². The number of sulfonamides is 1. The number of hydrogen-bond donors (Lipinski definition) is 2. The molecule has 1 aromatic heterocycles. The quantitative estimate of drug-likeness (QED) is 0.780. The molecule has 21 heavy (non-hydrogen) atoms. The van der Waals surface area contributed by atoms with Crippen molar-refractivity contribution >= 4 is 38.6 Å². The van der Waals surface area contributed by atoms with Gasteiger partial charge in [0.05, 0.1) is 9.90 Å². The summed E-state index contributed by atoms with van der Waals surface area (Å²) >= 11 is 6.38. The minimum absolute atomic E-state index is 0.156. The second-order valence-electron chi connectivity index (χ2n) is 4.42. The van der Waals surface area contributed by atoms with E-state index in [1.807, 2.05) is 12.3 Å². The Morgan fingerprint density at radius 1 is 1.48 bits per heavy atom. The second-order valence-corrected chi connectivity index (χ2v) is 7.57. The zero-order chi connectivity index (χ0) is 15.5. The van der Waals surface area contributed by atoms with Gasteiger partial charge in [0.15, 0.2) is 0 Å². The number of thiocarbonyl (C=S) groups is 1. The van der Waals surface area contributed by atoms with Crippen LogP contribution < -0.4 is 10.5 Å². The Balaban J connectivity index is 2.04. The highest BCUT2D eigenvalue weighted by atomic mass is 32.2. The van der Waals surface area contributed by atoms with Crippen LogP contribution in [0.25, 0.3) is 0 Å². The predicted octanol–water partition coefficient (Wildman–Crippen LogP) is 1.61. The molecule has 0 unspecified atom stereocenters. The normalized spacial score (nSPS) is 11.5. The van der Waals surface area contributed by atoms with Gasteiger partial charge in [-0.1, -0.05) is 24.4 Å². The Hall–Kier alpha value is -1.35. The molecule has 0 aliphatic rings. The van der Waals surface area contributed by atoms with Crippen molar-refractivity contribution in [1.29, 1.82) is 0 Å². The van der Waals surface area contributed by atoms with Crippen LogP contribution in [0.3, 0.4) is 0 Å². The van der Waals surface area contributed by atoms with Crippen molar-refractivity contribution in [1.82, 2.24) is 9.71 Å². The first-order chi connectivity index (χ1) is 9.88. The summed E-state index contributed by atoms with van der Waals surface area (Å²) in [6, 6.07) is 6.28. The van der Waals surface area contributed by atoms with E-state index in [9.17, 15) is 8.42 Å². The number of benzene rings is 1. The molecule has 0 saturated carbocycles. The van der Waals surface area contributed by atoms with Crippen LogP contribution in [0.1, 0.15) is 16.3 Å². The average molecular weight is 341 g/mol. The van der Waals surface area contributed by atoms with Crippen molar-refractivity contribution in [2.75, 3.05) is 6.54 Å². The summed E-state index contributed by atoms with van der Waals surface area (Å²) in [5, 5.41) is 2.85. The maximum absolute atomic E-state index is 12.2. The third-order valence-electron chi connectivity index (χ3n) is 2.73. The van der Waals surface area contributed by atoms with Crippen LogP contribution in [-0.4, -0.2) is 24.9 Å². The van der Waals surface area contributed by atoms with Gasteiger partial charge in [0.25, 0.3) is 0 Å². The van der Waals surface area contributed by atoms with Crippen molar-refractivity contribution in [3.63, 3.8) is 0 Å². The lowest BCUT2D eigenvalue weighted by atomic mass is 10.2. The van der Waals surface area contributed by atoms with Gasteiger partial charge in [-0.05, 0) is 19.1 Å². The molecular formula is C13H15N3O2S3. The Kier molecular flexibility index (Phi) is 5.04. The summed E-state index contributed by atoms with van der Waals surface area (Å²) in [6.45, 7) is 2.21. The third-order valence-corrected chi connectivity index (χ3v) is 5.45. The fourth-order valence-electron chi connectivity index (χ4n) is 1.71. The van der Waals surface area contributed by atoms with E-state index in [-0.39, 0.29) is 9.88 Å². The van der Waals surface area contributed by atoms with Crippen molar-refractivity contribution in [2.45, 2.75) is 18.2 Å². The zero-order valence-electron chi connectivity index (χ0n) is 11.4. The molecule has 0 aliphatic heterocycles. The lowest BCUT2D eigenvalue weighted by molar-refractivity contribution is 0.581. The molecule has 0 aliphatic carbocycles. The van der Waals surface area contributed by atoms with Crippen molar-refractivity contribution in [3.8, 4) is 0 Å². The first kappa shape index (κ1) is 16.0. The summed E-state index contributed by atoms with van der Waals surface area (Å²) in [7, 11) is -3.57. The maximum atomic E-state index is 12.2. The first-order valence-corrected chi connectivity index (χ1v) is 8.96. The van der Waals surface area contributed by atoms with Gasteiger partial charge in [0.1, 0.15) is 4.99 Å². The molecule has 1 heterocycles. The van der Waals surface area contributed by atoms with Crippen molar-refractivity contribution in [3.05, 3.63) is 45.9 Å². The van der Waals surface area contributed by atoms with Crippen LogP contribution in [-0.2, 0) is 16.4 Å². The summed E-state index contributed by atoms with van der Waals surface area (Å²) in [4.78, 5) is 4.62. The standard InChI is InChI=1S/C13H15N3O2S3/c1-9-8-20-12(16-9)5-6-15-21(17,18)11-4-2-3-10(7-11)13(14)19/h2-4,7-8,15H,5-6H2,1H3,(H2,14,19). The van der Waals surface area contributed by atoms with Gasteiger partial charge in [-0.2, -0.15) is 0 Å². The Bertz CT molecular complexity index is 754. The summed E-state index contributed by atoms with van der Waals surface area (Å²) in [6.07, 6.45) is 0.562. The van der Waals surface area contributed by atoms with Crippen LogP contribution in [0, 0.1) is 6.92 Å². The number of rotatable bonds is 6. The highest BCUT2D eigenvalue weighted by Crippen LogP contribution is 2.12. The summed E-state index contributed by atoms with van der Waals surface area (Å²) in [5.41, 5.74) is 6.99. The van der Waals surface area contributed by atoms with E-state index in [0.717, 1.165) is 10.7 Å². The molecule has 0 fully saturated rings. The fourth-order valence-corrected chi connectivity index (χ4v) is 3.69. The van der Waals surface area contributed by atoms with E-state index in [1.165, 1.54) is 23.5 Å². The molecule has 0 radical (unpaired) electrons. The van der Waals surface area contributed by atoms with Gasteiger partial charge < -0.3 is 5.73 Å². The largest absolute Gasteiger partial charge is 0.389 e. The molecule has 0 amide bonds. The lowest BCUT2D eigenvalue weighted by Gasteiger charge is -2.07. The van der Waals surface area contributed by atoms with Gasteiger partial charge >= 0.3 is 0 Å². The first-order valence-electron chi connectivity index (χ1n) is 6.19. The Morgan fingerprint density at radius 3 is 2.86 bits per heavy atom. The van der Waals surface area contributed by atoms with Gasteiger partial charge in [-0.25, -0.2) is 18.1 Å². The van der Waals surface area contributed by atoms with Gasteiger partial charge in [0, 0.05) is 29.6 Å². The van der Waals surface area contributed by atoms with E-state index in [0.29, 0.717) is 18.5 Å². The molecule has 3 N–H and O–H groups in total. The number of aromatic nitrogens is 1. The molecule has 0 bridgehead atoms. The zero-order valence-corrected chi connectivity index (χ0v) is 13.8. The number of hydrogen-bond acceptors (Lipinski definition) is 5. The van der Waals surface area contributed by atoms with Gasteiger partial charge in [-0.15, -0.1) is 11.3 Å². The molecular weight excluding hydrogens is 326 g/mol. The minimum Gasteiger partial charge on any atom is -0.389 e. The average Bonchev–Trinajstić information content (AvgIpc) is 2.84. The fraction of sp³-hybridized carbons (Fsp3) is 0.231. The highest BCUT2D eigenvalue weighted by Gasteiger charge is 2.14. The third kappa shape index (κ3) is 4.31. The van der Waals surface area contributed by atoms with Crippen LogP contribution in [0.4, 0.5) is 0 Å². The lowest BCUT2D eigenvalue weighted by Crippen LogP contribution is -2.26. The van der Waals surface area contributed by atoms with Crippen LogP contribution in [0.15, 0.2) is 34.5 Å². The molecule has 5 nitrogen and oxygen atoms in total. The number of nitrogens with zero attached hydrogens (tertiary/aromatic N) is 1. The van der Waals surface area contributed by atoms with Crippen molar-refractivity contribution < 1.29 is 8.42 Å². The molecule has 112 valence electrons. The molecule has 1 aromatic carbocycles. The SMILES string of the molecule is Cc1csc(CCNS(=O)(=O)c2cccc(C(N)=S)c2)n1. The smallest absolute Gasteiger partial charge is 0.240 e. The van der Waals surface area contributed by atoms with E-state index in [4.69, 9.17) is 18.0 Å². The Morgan fingerprint density at radius 2 is 2.24 bits per heavy atom. The number of aryl methyl sites for hydroxylation is 1. The molecule has 8 heteroatoms. The highest BCUT2D eigenvalue weighted by molar-refractivity contribution is 7.89. The minimum atomic E-state index is -3.57. The summed E-state index contributed by atoms with van der Waals surface area (Å²) < 4.78 is 26.9. The van der Waals surface area contributed by atoms with Gasteiger partial charge in [0.2, 0.25) is 10.0 Å². The predicted molar refractivity (Wildman–Crippen MR) is 88.1 cm³/mol. The van der Waals surface area contributed by atoms with Gasteiger partial charge in [-0.3, -0.25) is 0 Å². The number of thiazole rings is 1. The molecule has 0 saturated heterocycles. The maximum Gasteiger partial charge on any atom is 0.240 e. The second kappa shape index (κ2) is 6.61. The monoisotopic (exact) mass is 341 g/mol. The number of nitrogens with two attached hydrogens (primary N) is 1. The van der Waals surface area contributed by atoms with E-state index in [1.54, 1.807) is 12.1 Å². The Labute approximate surface area is 133 Å². The molecule has 2 rings (SSSR count). The van der Waals surface area contributed by atoms with Crippen LogP contribution in [0.5, 0.6) is 0 Å². The summed E-state index contributed by atoms with van der Waals surface area (Å²) in [5.74, 6) is 0. The van der Waals surface area contributed by atoms with Crippen molar-refractivity contribution in [2.24, 2.45) is 5.73 Å².